The van der Waals surface area contributed by atoms with E-state index in [1.807, 2.05) is 0 Å². The molecule has 0 unspecified atom stereocenters. The number of hydrogen-bond acceptors (Lipinski definition) is 3. The predicted octanol–water partition coefficient (Wildman–Crippen LogP) is 3.27. The zero-order chi connectivity index (χ0) is 14.1. The van der Waals surface area contributed by atoms with Crippen LogP contribution in [0.3, 0.4) is 0 Å². The number of unbranched alkanes of at least 4 members (excludes halogenated alkanes) is 2. The second kappa shape index (κ2) is 8.93. The van der Waals surface area contributed by atoms with Gasteiger partial charge in [0, 0.05) is 6.67 Å². The van der Waals surface area contributed by atoms with Crippen molar-refractivity contribution in [3.63, 3.8) is 0 Å². The van der Waals surface area contributed by atoms with Crippen LogP contribution in [-0.4, -0.2) is 48.8 Å². The van der Waals surface area contributed by atoms with Crippen LogP contribution in [0.25, 0.3) is 0 Å². The van der Waals surface area contributed by atoms with Gasteiger partial charge in [0.25, 0.3) is 0 Å². The molecule has 0 aromatic rings. The number of nitrogens with zero attached hydrogens (tertiary/aromatic N) is 2. The van der Waals surface area contributed by atoms with Crippen LogP contribution >= 0.6 is 0 Å². The summed E-state index contributed by atoms with van der Waals surface area (Å²) in [6.45, 7) is 11.3. The number of rotatable bonds is 10. The van der Waals surface area contributed by atoms with Crippen molar-refractivity contribution >= 4 is 0 Å². The van der Waals surface area contributed by atoms with E-state index >= 15 is 0 Å². The molecular formula is C16H35N3. The monoisotopic (exact) mass is 269 g/mol. The highest BCUT2D eigenvalue weighted by molar-refractivity contribution is 4.92. The Hall–Kier alpha value is -0.120. The quantitative estimate of drug-likeness (QED) is 0.485. The minimum absolute atomic E-state index is 0.321. The molecule has 0 aromatic carbocycles. The van der Waals surface area contributed by atoms with Gasteiger partial charge in [-0.25, -0.2) is 0 Å². The van der Waals surface area contributed by atoms with Gasteiger partial charge in [-0.1, -0.05) is 46.5 Å². The number of hydrogen-bond donors (Lipinski definition) is 1. The van der Waals surface area contributed by atoms with Gasteiger partial charge in [0.1, 0.15) is 0 Å². The zero-order valence-electron chi connectivity index (χ0n) is 13.7. The lowest BCUT2D eigenvalue weighted by Gasteiger charge is -2.47. The smallest absolute Gasteiger partial charge is 0.0745 e. The minimum Gasteiger partial charge on any atom is -0.304 e. The molecule has 19 heavy (non-hydrogen) atoms. The summed E-state index contributed by atoms with van der Waals surface area (Å²) in [4.78, 5) is 5.23. The van der Waals surface area contributed by atoms with Crippen LogP contribution in [0.1, 0.15) is 65.7 Å². The van der Waals surface area contributed by atoms with Gasteiger partial charge in [-0.15, -0.1) is 0 Å². The molecule has 114 valence electrons. The Morgan fingerprint density at radius 2 is 1.68 bits per heavy atom. The van der Waals surface area contributed by atoms with Crippen molar-refractivity contribution in [2.24, 2.45) is 0 Å². The van der Waals surface area contributed by atoms with Gasteiger partial charge in [0.15, 0.2) is 0 Å². The summed E-state index contributed by atoms with van der Waals surface area (Å²) >= 11 is 0. The van der Waals surface area contributed by atoms with E-state index in [1.165, 1.54) is 44.9 Å². The summed E-state index contributed by atoms with van der Waals surface area (Å²) in [5, 5.41) is 3.65. The van der Waals surface area contributed by atoms with Crippen molar-refractivity contribution in [1.29, 1.82) is 0 Å². The summed E-state index contributed by atoms with van der Waals surface area (Å²) in [5.74, 6) is 0. The summed E-state index contributed by atoms with van der Waals surface area (Å²) in [6, 6.07) is 0. The molecule has 0 aromatic heterocycles. The van der Waals surface area contributed by atoms with E-state index < -0.39 is 0 Å². The van der Waals surface area contributed by atoms with Gasteiger partial charge in [-0.3, -0.25) is 9.80 Å². The molecule has 3 heteroatoms. The Balaban J connectivity index is 2.49. The SMILES string of the molecule is CCCCCNCN(CC)C1(N(C)CC)CCCC1. The molecule has 0 amide bonds. The first-order chi connectivity index (χ1) is 9.21. The Morgan fingerprint density at radius 3 is 2.21 bits per heavy atom. The maximum Gasteiger partial charge on any atom is 0.0745 e. The summed E-state index contributed by atoms with van der Waals surface area (Å²) in [7, 11) is 2.30. The average Bonchev–Trinajstić information content (AvgIpc) is 2.92. The van der Waals surface area contributed by atoms with Crippen molar-refractivity contribution in [1.82, 2.24) is 15.1 Å². The number of nitrogens with one attached hydrogen (secondary N) is 1. The first-order valence-corrected chi connectivity index (χ1v) is 8.38. The summed E-state index contributed by atoms with van der Waals surface area (Å²) < 4.78 is 0. The fourth-order valence-corrected chi connectivity index (χ4v) is 3.44. The molecule has 0 radical (unpaired) electrons. The lowest BCUT2D eigenvalue weighted by molar-refractivity contribution is -0.0400. The molecule has 0 bridgehead atoms. The fourth-order valence-electron chi connectivity index (χ4n) is 3.44. The third-order valence-electron chi connectivity index (χ3n) is 4.82. The summed E-state index contributed by atoms with van der Waals surface area (Å²) in [5.41, 5.74) is 0.321. The van der Waals surface area contributed by atoms with Gasteiger partial charge in [0.2, 0.25) is 0 Å². The minimum atomic E-state index is 0.321. The standard InChI is InChI=1S/C16H35N3/c1-5-8-11-14-17-15-19(7-3)16(18(4)6-2)12-9-10-13-16/h17H,5-15H2,1-4H3. The van der Waals surface area contributed by atoms with Crippen molar-refractivity contribution in [2.75, 3.05) is 33.4 Å². The van der Waals surface area contributed by atoms with Crippen LogP contribution in [-0.2, 0) is 0 Å². The highest BCUT2D eigenvalue weighted by atomic mass is 15.4. The van der Waals surface area contributed by atoms with Crippen LogP contribution in [0, 0.1) is 0 Å². The van der Waals surface area contributed by atoms with Crippen LogP contribution in [0.15, 0.2) is 0 Å². The van der Waals surface area contributed by atoms with E-state index in [2.05, 4.69) is 42.9 Å². The first-order valence-electron chi connectivity index (χ1n) is 8.38. The van der Waals surface area contributed by atoms with E-state index in [0.717, 1.165) is 26.3 Å². The maximum absolute atomic E-state index is 3.65. The molecule has 3 nitrogen and oxygen atoms in total. The molecule has 1 fully saturated rings. The Kier molecular flexibility index (Phi) is 7.96. The first kappa shape index (κ1) is 16.9. The van der Waals surface area contributed by atoms with Gasteiger partial charge >= 0.3 is 0 Å². The molecule has 0 heterocycles. The third-order valence-corrected chi connectivity index (χ3v) is 4.82. The summed E-state index contributed by atoms with van der Waals surface area (Å²) in [6.07, 6.45) is 9.41. The largest absolute Gasteiger partial charge is 0.304 e. The Labute approximate surface area is 120 Å². The van der Waals surface area contributed by atoms with E-state index in [0.29, 0.717) is 5.66 Å². The molecule has 0 saturated heterocycles. The molecular weight excluding hydrogens is 234 g/mol. The zero-order valence-corrected chi connectivity index (χ0v) is 13.7. The molecule has 1 rings (SSSR count). The van der Waals surface area contributed by atoms with Crippen molar-refractivity contribution in [3.05, 3.63) is 0 Å². The topological polar surface area (TPSA) is 18.5 Å². The van der Waals surface area contributed by atoms with Gasteiger partial charge in [-0.05, 0) is 45.9 Å². The average molecular weight is 269 g/mol. The molecule has 0 aliphatic heterocycles. The second-order valence-electron chi connectivity index (χ2n) is 5.93. The van der Waals surface area contributed by atoms with E-state index in [4.69, 9.17) is 0 Å². The predicted molar refractivity (Wildman–Crippen MR) is 84.3 cm³/mol. The van der Waals surface area contributed by atoms with Crippen molar-refractivity contribution < 1.29 is 0 Å². The molecule has 1 aliphatic carbocycles. The Morgan fingerprint density at radius 1 is 1.00 bits per heavy atom. The Bertz CT molecular complexity index is 224. The fraction of sp³-hybridized carbons (Fsp3) is 1.00. The lowest BCUT2D eigenvalue weighted by atomic mass is 10.0. The van der Waals surface area contributed by atoms with Crippen LogP contribution < -0.4 is 5.32 Å². The molecule has 1 N–H and O–H groups in total. The van der Waals surface area contributed by atoms with E-state index in [-0.39, 0.29) is 0 Å². The second-order valence-corrected chi connectivity index (χ2v) is 5.93. The van der Waals surface area contributed by atoms with Crippen LogP contribution in [0.4, 0.5) is 0 Å². The van der Waals surface area contributed by atoms with Gasteiger partial charge < -0.3 is 5.32 Å². The third kappa shape index (κ3) is 4.44. The van der Waals surface area contributed by atoms with Crippen LogP contribution in [0.5, 0.6) is 0 Å². The lowest BCUT2D eigenvalue weighted by Crippen LogP contribution is -2.59. The van der Waals surface area contributed by atoms with Gasteiger partial charge in [0.05, 0.1) is 5.66 Å². The normalized spacial score (nSPS) is 18.6. The highest BCUT2D eigenvalue weighted by Crippen LogP contribution is 2.37. The van der Waals surface area contributed by atoms with Crippen molar-refractivity contribution in [2.45, 2.75) is 71.4 Å². The molecule has 0 spiro atoms. The van der Waals surface area contributed by atoms with E-state index in [9.17, 15) is 0 Å². The van der Waals surface area contributed by atoms with E-state index in [1.54, 1.807) is 0 Å². The molecule has 1 saturated carbocycles. The highest BCUT2D eigenvalue weighted by Gasteiger charge is 2.41. The van der Waals surface area contributed by atoms with Crippen LogP contribution in [0.2, 0.25) is 0 Å². The maximum atomic E-state index is 3.65. The molecule has 1 aliphatic rings. The van der Waals surface area contributed by atoms with Crippen molar-refractivity contribution in [3.8, 4) is 0 Å². The van der Waals surface area contributed by atoms with Gasteiger partial charge in [-0.2, -0.15) is 0 Å². The molecule has 0 atom stereocenters.